The van der Waals surface area contributed by atoms with Crippen LogP contribution >= 0.6 is 0 Å². The Morgan fingerprint density at radius 3 is 2.72 bits per heavy atom. The summed E-state index contributed by atoms with van der Waals surface area (Å²) in [6.45, 7) is 4.57. The van der Waals surface area contributed by atoms with Crippen LogP contribution in [0.5, 0.6) is 5.75 Å². The summed E-state index contributed by atoms with van der Waals surface area (Å²) in [5.74, 6) is 0.658. The van der Waals surface area contributed by atoms with E-state index in [1.54, 1.807) is 25.3 Å². The number of benzene rings is 1. The second-order valence-corrected chi connectivity index (χ2v) is 10.9. The highest BCUT2D eigenvalue weighted by Gasteiger charge is 2.39. The molecule has 0 aliphatic carbocycles. The molecule has 2 aliphatic rings. The number of piperidine rings is 1. The molecule has 2 fully saturated rings. The molecule has 3 N–H and O–H groups in total. The number of alkyl halides is 3. The molecule has 2 aliphatic heterocycles. The number of rotatable bonds is 6. The summed E-state index contributed by atoms with van der Waals surface area (Å²) in [6, 6.07) is 5.78. The second-order valence-electron chi connectivity index (χ2n) is 10.9. The van der Waals surface area contributed by atoms with Crippen LogP contribution in [0.3, 0.4) is 0 Å². The number of hydrogen-bond acceptors (Lipinski definition) is 7. The third-order valence-corrected chi connectivity index (χ3v) is 8.18. The number of nitrogen functional groups attached to an aromatic ring is 1. The fraction of sp³-hybridized carbons (Fsp3) is 0.414. The summed E-state index contributed by atoms with van der Waals surface area (Å²) in [5.41, 5.74) is 8.10. The Hall–Kier alpha value is -4.62. The standard InChI is InChI=1S/C29H31F3N8O3/c1-4-43-20-11-16(28(42)35-22-12-21(29(30,31)32)38(3)37-22)6-9-19(20)24-25-26(33)34-13-15(2)40(25)27(36-24)17-5-7-18-8-10-23(41)39(18)14-17/h6,9,11-13,17-18H,4-5,7-8,10,14H2,1-3H3,(H2,33,34)(H,35,37,42). The normalized spacial score (nSPS) is 18.7. The first-order valence-corrected chi connectivity index (χ1v) is 14.1. The maximum absolute atomic E-state index is 13.2. The van der Waals surface area contributed by atoms with Crippen molar-refractivity contribution in [1.82, 2.24) is 29.0 Å². The molecule has 6 rings (SSSR count). The lowest BCUT2D eigenvalue weighted by Gasteiger charge is -2.34. The van der Waals surface area contributed by atoms with Crippen LogP contribution in [0.2, 0.25) is 0 Å². The zero-order valence-electron chi connectivity index (χ0n) is 23.9. The summed E-state index contributed by atoms with van der Waals surface area (Å²) in [7, 11) is 1.15. The number of halogens is 3. The van der Waals surface area contributed by atoms with Gasteiger partial charge >= 0.3 is 6.18 Å². The number of aromatic nitrogens is 5. The number of nitrogens with one attached hydrogen (secondary N) is 1. The molecule has 11 nitrogen and oxygen atoms in total. The van der Waals surface area contributed by atoms with E-state index in [1.165, 1.54) is 6.07 Å². The summed E-state index contributed by atoms with van der Waals surface area (Å²) < 4.78 is 48.2. The number of anilines is 2. The lowest BCUT2D eigenvalue weighted by atomic mass is 9.92. The average Bonchev–Trinajstić information content (AvgIpc) is 3.66. The van der Waals surface area contributed by atoms with Gasteiger partial charge < -0.3 is 20.7 Å². The predicted octanol–water partition coefficient (Wildman–Crippen LogP) is 4.56. The zero-order valence-corrected chi connectivity index (χ0v) is 23.9. The minimum absolute atomic E-state index is 0.0133. The lowest BCUT2D eigenvalue weighted by molar-refractivity contribution is -0.143. The van der Waals surface area contributed by atoms with E-state index in [2.05, 4.69) is 15.4 Å². The number of carbonyl (C=O) groups is 2. The SMILES string of the molecule is CCOc1cc(C(=O)Nc2cc(C(F)(F)F)n(C)n2)ccc1-c1nc(C2CCC3CCC(=O)N3C2)n2c(C)cnc(N)c12. The van der Waals surface area contributed by atoms with Crippen molar-refractivity contribution in [1.29, 1.82) is 0 Å². The highest BCUT2D eigenvalue weighted by Crippen LogP contribution is 2.41. The Balaban J connectivity index is 1.38. The zero-order chi connectivity index (χ0) is 30.6. The van der Waals surface area contributed by atoms with Crippen LogP contribution < -0.4 is 15.8 Å². The minimum Gasteiger partial charge on any atom is -0.493 e. The van der Waals surface area contributed by atoms with Gasteiger partial charge in [0.15, 0.2) is 5.82 Å². The molecule has 226 valence electrons. The fourth-order valence-electron chi connectivity index (χ4n) is 6.17. The van der Waals surface area contributed by atoms with Crippen molar-refractivity contribution < 1.29 is 27.5 Å². The first kappa shape index (κ1) is 28.5. The molecule has 2 saturated heterocycles. The Morgan fingerprint density at radius 2 is 2.00 bits per heavy atom. The van der Waals surface area contributed by atoms with Crippen molar-refractivity contribution in [2.75, 3.05) is 24.2 Å². The number of nitrogens with two attached hydrogens (primary N) is 1. The molecule has 0 spiro atoms. The van der Waals surface area contributed by atoms with Crippen molar-refractivity contribution in [3.63, 3.8) is 0 Å². The van der Waals surface area contributed by atoms with Crippen LogP contribution in [0.4, 0.5) is 24.8 Å². The first-order valence-electron chi connectivity index (χ1n) is 14.1. The molecule has 4 aromatic rings. The molecule has 5 heterocycles. The van der Waals surface area contributed by atoms with Crippen LogP contribution in [0.1, 0.15) is 66.1 Å². The number of carbonyl (C=O) groups excluding carboxylic acids is 2. The highest BCUT2D eigenvalue weighted by molar-refractivity contribution is 6.04. The molecule has 1 aromatic carbocycles. The minimum atomic E-state index is -4.61. The van der Waals surface area contributed by atoms with E-state index in [1.807, 2.05) is 16.2 Å². The third-order valence-electron chi connectivity index (χ3n) is 8.18. The van der Waals surface area contributed by atoms with E-state index in [0.717, 1.165) is 43.9 Å². The maximum Gasteiger partial charge on any atom is 0.433 e. The predicted molar refractivity (Wildman–Crippen MR) is 152 cm³/mol. The molecule has 2 atom stereocenters. The van der Waals surface area contributed by atoms with E-state index >= 15 is 0 Å². The summed E-state index contributed by atoms with van der Waals surface area (Å²) in [4.78, 5) is 37.0. The molecule has 0 bridgehead atoms. The van der Waals surface area contributed by atoms with Crippen molar-refractivity contribution >= 4 is 29.0 Å². The lowest BCUT2D eigenvalue weighted by Crippen LogP contribution is -2.41. The van der Waals surface area contributed by atoms with Gasteiger partial charge in [-0.05, 0) is 51.3 Å². The molecular formula is C29H31F3N8O3. The molecule has 3 aromatic heterocycles. The molecule has 2 unspecified atom stereocenters. The highest BCUT2D eigenvalue weighted by atomic mass is 19.4. The van der Waals surface area contributed by atoms with Gasteiger partial charge in [-0.1, -0.05) is 0 Å². The van der Waals surface area contributed by atoms with Crippen molar-refractivity contribution in [3.8, 4) is 17.0 Å². The number of aryl methyl sites for hydroxylation is 2. The van der Waals surface area contributed by atoms with Crippen molar-refractivity contribution in [2.45, 2.75) is 57.7 Å². The van der Waals surface area contributed by atoms with Crippen LogP contribution in [0.25, 0.3) is 16.8 Å². The van der Waals surface area contributed by atoms with Gasteiger partial charge in [0.25, 0.3) is 5.91 Å². The van der Waals surface area contributed by atoms with Gasteiger partial charge in [0.05, 0.1) is 6.61 Å². The van der Waals surface area contributed by atoms with E-state index in [-0.39, 0.29) is 41.7 Å². The van der Waals surface area contributed by atoms with E-state index in [9.17, 15) is 22.8 Å². The van der Waals surface area contributed by atoms with E-state index < -0.39 is 17.8 Å². The van der Waals surface area contributed by atoms with E-state index in [0.29, 0.717) is 40.2 Å². The Morgan fingerprint density at radius 1 is 1.21 bits per heavy atom. The average molecular weight is 597 g/mol. The van der Waals surface area contributed by atoms with Gasteiger partial charge in [0.2, 0.25) is 5.91 Å². The van der Waals surface area contributed by atoms with Gasteiger partial charge in [-0.15, -0.1) is 0 Å². The van der Waals surface area contributed by atoms with Crippen molar-refractivity contribution in [2.24, 2.45) is 7.05 Å². The van der Waals surface area contributed by atoms with Crippen LogP contribution in [-0.4, -0.2) is 60.1 Å². The Kier molecular flexibility index (Phi) is 7.01. The monoisotopic (exact) mass is 596 g/mol. The number of ether oxygens (including phenoxy) is 1. The number of amides is 2. The van der Waals surface area contributed by atoms with Gasteiger partial charge in [-0.25, -0.2) is 9.97 Å². The van der Waals surface area contributed by atoms with Crippen molar-refractivity contribution in [3.05, 3.63) is 53.2 Å². The quantitative estimate of drug-likeness (QED) is 0.334. The molecule has 0 saturated carbocycles. The van der Waals surface area contributed by atoms with Gasteiger partial charge in [0, 0.05) is 61.1 Å². The first-order chi connectivity index (χ1) is 20.5. The third kappa shape index (κ3) is 5.04. The summed E-state index contributed by atoms with van der Waals surface area (Å²) >= 11 is 0. The Labute approximate surface area is 244 Å². The maximum atomic E-state index is 13.2. The molecule has 0 radical (unpaired) electrons. The molecule has 14 heteroatoms. The molecule has 2 amide bonds. The number of hydrogen-bond donors (Lipinski definition) is 2. The second kappa shape index (κ2) is 10.6. The fourth-order valence-corrected chi connectivity index (χ4v) is 6.17. The van der Waals surface area contributed by atoms with E-state index in [4.69, 9.17) is 15.5 Å². The Bertz CT molecular complexity index is 1740. The number of imidazole rings is 1. The van der Waals surface area contributed by atoms with Crippen LogP contribution in [0.15, 0.2) is 30.5 Å². The largest absolute Gasteiger partial charge is 0.493 e. The van der Waals surface area contributed by atoms with Gasteiger partial charge in [-0.2, -0.15) is 18.3 Å². The molecule has 43 heavy (non-hydrogen) atoms. The molecular weight excluding hydrogens is 565 g/mol. The number of fused-ring (bicyclic) bond motifs is 2. The van der Waals surface area contributed by atoms with Gasteiger partial charge in [-0.3, -0.25) is 18.7 Å². The summed E-state index contributed by atoms with van der Waals surface area (Å²) in [5, 5.41) is 6.19. The topological polar surface area (TPSA) is 133 Å². The number of nitrogens with zero attached hydrogens (tertiary/aromatic N) is 6. The summed E-state index contributed by atoms with van der Waals surface area (Å²) in [6.07, 6.45) is 0.297. The van der Waals surface area contributed by atoms with Gasteiger partial charge in [0.1, 0.15) is 34.3 Å². The van der Waals surface area contributed by atoms with Crippen LogP contribution in [0, 0.1) is 6.92 Å². The smallest absolute Gasteiger partial charge is 0.433 e. The van der Waals surface area contributed by atoms with Crippen LogP contribution in [-0.2, 0) is 18.0 Å².